The van der Waals surface area contributed by atoms with Crippen LogP contribution >= 0.6 is 12.2 Å². The molecule has 2 N–H and O–H groups in total. The van der Waals surface area contributed by atoms with Crippen LogP contribution in [0.1, 0.15) is 34.6 Å². The van der Waals surface area contributed by atoms with E-state index in [1.807, 2.05) is 0 Å². The third-order valence-corrected chi connectivity index (χ3v) is 5.63. The number of nitrogens with one attached hydrogen (secondary N) is 2. The Hall–Kier alpha value is -1.51. The Morgan fingerprint density at radius 2 is 1.62 bits per heavy atom. The molecule has 0 radical (unpaired) electrons. The average Bonchev–Trinajstić information content (AvgIpc) is 2.47. The number of amides is 1. The number of benzene rings is 1. The zero-order valence-electron chi connectivity index (χ0n) is 14.7. The molecule has 0 bridgehead atoms. The van der Waals surface area contributed by atoms with Gasteiger partial charge in [-0.1, -0.05) is 34.6 Å². The Kier molecular flexibility index (Phi) is 6.88. The lowest BCUT2D eigenvalue weighted by Gasteiger charge is -2.19. The van der Waals surface area contributed by atoms with Crippen molar-refractivity contribution in [3.63, 3.8) is 0 Å². The lowest BCUT2D eigenvalue weighted by Crippen LogP contribution is -2.41. The fraction of sp³-hybridized carbons (Fsp3) is 0.500. The van der Waals surface area contributed by atoms with Crippen LogP contribution in [-0.2, 0) is 14.8 Å². The molecule has 24 heavy (non-hydrogen) atoms. The molecule has 134 valence electrons. The highest BCUT2D eigenvalue weighted by atomic mass is 32.2. The molecule has 0 saturated heterocycles. The van der Waals surface area contributed by atoms with Gasteiger partial charge >= 0.3 is 0 Å². The highest BCUT2D eigenvalue weighted by Crippen LogP contribution is 2.18. The first-order chi connectivity index (χ1) is 11.0. The fourth-order valence-electron chi connectivity index (χ4n) is 1.88. The van der Waals surface area contributed by atoms with Crippen LogP contribution in [0, 0.1) is 5.41 Å². The number of thiocarbonyl (C=S) groups is 1. The van der Waals surface area contributed by atoms with E-state index in [0.717, 1.165) is 0 Å². The van der Waals surface area contributed by atoms with Gasteiger partial charge in [0.15, 0.2) is 5.11 Å². The van der Waals surface area contributed by atoms with Crippen LogP contribution < -0.4 is 10.6 Å². The van der Waals surface area contributed by atoms with Crippen LogP contribution in [0.5, 0.6) is 0 Å². The Balaban J connectivity index is 2.82. The van der Waals surface area contributed by atoms with E-state index in [-0.39, 0.29) is 15.9 Å². The number of carbonyl (C=O) groups is 1. The molecular formula is C16H25N3O3S2. The van der Waals surface area contributed by atoms with Crippen molar-refractivity contribution in [1.29, 1.82) is 0 Å². The van der Waals surface area contributed by atoms with E-state index in [1.54, 1.807) is 46.8 Å². The van der Waals surface area contributed by atoms with Gasteiger partial charge in [-0.05, 0) is 36.5 Å². The molecule has 0 fully saturated rings. The monoisotopic (exact) mass is 371 g/mol. The van der Waals surface area contributed by atoms with Crippen molar-refractivity contribution >= 4 is 38.9 Å². The fourth-order valence-corrected chi connectivity index (χ4v) is 3.54. The Morgan fingerprint density at radius 1 is 1.12 bits per heavy atom. The van der Waals surface area contributed by atoms with Gasteiger partial charge in [-0.3, -0.25) is 4.79 Å². The van der Waals surface area contributed by atoms with Gasteiger partial charge in [0.25, 0.3) is 0 Å². The highest BCUT2D eigenvalue weighted by Gasteiger charge is 2.23. The second kappa shape index (κ2) is 8.04. The predicted molar refractivity (Wildman–Crippen MR) is 100 cm³/mol. The molecule has 0 unspecified atom stereocenters. The summed E-state index contributed by atoms with van der Waals surface area (Å²) in [5, 5.41) is 5.65. The van der Waals surface area contributed by atoms with E-state index in [0.29, 0.717) is 18.8 Å². The van der Waals surface area contributed by atoms with Gasteiger partial charge in [0.2, 0.25) is 15.9 Å². The number of sulfonamides is 1. The number of hydrogen-bond acceptors (Lipinski definition) is 4. The van der Waals surface area contributed by atoms with Crippen molar-refractivity contribution in [1.82, 2.24) is 9.62 Å². The maximum Gasteiger partial charge on any atom is 0.243 e. The molecule has 0 atom stereocenters. The summed E-state index contributed by atoms with van der Waals surface area (Å²) in [5.74, 6) is -0.194. The van der Waals surface area contributed by atoms with Crippen molar-refractivity contribution in [3.8, 4) is 0 Å². The number of nitrogens with zero attached hydrogens (tertiary/aromatic N) is 1. The molecule has 0 aromatic heterocycles. The number of rotatable bonds is 5. The summed E-state index contributed by atoms with van der Waals surface area (Å²) >= 11 is 5.10. The van der Waals surface area contributed by atoms with Crippen LogP contribution in [0.15, 0.2) is 29.2 Å². The van der Waals surface area contributed by atoms with Gasteiger partial charge < -0.3 is 10.6 Å². The summed E-state index contributed by atoms with van der Waals surface area (Å²) in [7, 11) is -3.48. The topological polar surface area (TPSA) is 78.5 Å². The molecule has 0 aliphatic rings. The van der Waals surface area contributed by atoms with Crippen molar-refractivity contribution in [2.24, 2.45) is 5.41 Å². The van der Waals surface area contributed by atoms with Gasteiger partial charge in [-0.15, -0.1) is 0 Å². The minimum atomic E-state index is -3.48. The molecule has 1 rings (SSSR count). The Labute approximate surface area is 149 Å². The number of carbonyl (C=O) groups excluding carboxylic acids is 1. The smallest absolute Gasteiger partial charge is 0.243 e. The Bertz CT molecular complexity index is 688. The predicted octanol–water partition coefficient (Wildman–Crippen LogP) is 2.58. The maximum absolute atomic E-state index is 12.4. The molecule has 0 aliphatic heterocycles. The normalized spacial score (nSPS) is 12.1. The van der Waals surface area contributed by atoms with Gasteiger partial charge in [0.1, 0.15) is 0 Å². The van der Waals surface area contributed by atoms with Gasteiger partial charge in [0, 0.05) is 24.2 Å². The molecule has 0 aliphatic carbocycles. The quantitative estimate of drug-likeness (QED) is 0.778. The Morgan fingerprint density at radius 3 is 2.04 bits per heavy atom. The largest absolute Gasteiger partial charge is 0.332 e. The van der Waals surface area contributed by atoms with E-state index in [1.165, 1.54) is 16.4 Å². The molecule has 0 heterocycles. The molecule has 6 nitrogen and oxygen atoms in total. The van der Waals surface area contributed by atoms with Crippen LogP contribution in [0.4, 0.5) is 5.69 Å². The zero-order valence-corrected chi connectivity index (χ0v) is 16.3. The SMILES string of the molecule is CCN(CC)S(=O)(=O)c1ccc(NC(=S)NC(=O)C(C)(C)C)cc1. The number of anilines is 1. The van der Waals surface area contributed by atoms with E-state index in [9.17, 15) is 13.2 Å². The first kappa shape index (κ1) is 20.5. The van der Waals surface area contributed by atoms with E-state index >= 15 is 0 Å². The maximum atomic E-state index is 12.4. The zero-order chi connectivity index (χ0) is 18.5. The summed E-state index contributed by atoms with van der Waals surface area (Å²) in [6.07, 6.45) is 0. The summed E-state index contributed by atoms with van der Waals surface area (Å²) in [5.41, 5.74) is 0.0562. The second-order valence-electron chi connectivity index (χ2n) is 6.27. The van der Waals surface area contributed by atoms with Crippen molar-refractivity contribution in [2.45, 2.75) is 39.5 Å². The van der Waals surface area contributed by atoms with Crippen molar-refractivity contribution in [3.05, 3.63) is 24.3 Å². The summed E-state index contributed by atoms with van der Waals surface area (Å²) in [6, 6.07) is 6.27. The van der Waals surface area contributed by atoms with Gasteiger partial charge in [-0.2, -0.15) is 4.31 Å². The van der Waals surface area contributed by atoms with Crippen LogP contribution in [0.2, 0.25) is 0 Å². The average molecular weight is 372 g/mol. The van der Waals surface area contributed by atoms with Crippen LogP contribution in [-0.4, -0.2) is 36.8 Å². The first-order valence-electron chi connectivity index (χ1n) is 7.75. The van der Waals surface area contributed by atoms with Crippen LogP contribution in [0.25, 0.3) is 0 Å². The minimum absolute atomic E-state index is 0.175. The first-order valence-corrected chi connectivity index (χ1v) is 9.59. The molecular weight excluding hydrogens is 346 g/mol. The molecule has 1 aromatic rings. The van der Waals surface area contributed by atoms with Gasteiger partial charge in [0.05, 0.1) is 4.90 Å². The van der Waals surface area contributed by atoms with Crippen molar-refractivity contribution in [2.75, 3.05) is 18.4 Å². The number of hydrogen-bond donors (Lipinski definition) is 2. The highest BCUT2D eigenvalue weighted by molar-refractivity contribution is 7.89. The molecule has 0 spiro atoms. The van der Waals surface area contributed by atoms with E-state index in [2.05, 4.69) is 10.6 Å². The van der Waals surface area contributed by atoms with Gasteiger partial charge in [-0.25, -0.2) is 8.42 Å². The summed E-state index contributed by atoms with van der Waals surface area (Å²) in [6.45, 7) is 9.80. The minimum Gasteiger partial charge on any atom is -0.332 e. The third kappa shape index (κ3) is 5.25. The summed E-state index contributed by atoms with van der Waals surface area (Å²) in [4.78, 5) is 12.1. The molecule has 1 amide bonds. The molecule has 0 saturated carbocycles. The van der Waals surface area contributed by atoms with Crippen LogP contribution in [0.3, 0.4) is 0 Å². The summed E-state index contributed by atoms with van der Waals surface area (Å²) < 4.78 is 26.2. The second-order valence-corrected chi connectivity index (χ2v) is 8.62. The lowest BCUT2D eigenvalue weighted by atomic mass is 9.96. The lowest BCUT2D eigenvalue weighted by molar-refractivity contribution is -0.126. The molecule has 1 aromatic carbocycles. The van der Waals surface area contributed by atoms with Crippen molar-refractivity contribution < 1.29 is 13.2 Å². The standard InChI is InChI=1S/C16H25N3O3S2/c1-6-19(7-2)24(21,22)13-10-8-12(9-11-13)17-15(23)18-14(20)16(3,4)5/h8-11H,6-7H2,1-5H3,(H2,17,18,20,23). The van der Waals surface area contributed by atoms with E-state index < -0.39 is 15.4 Å². The van der Waals surface area contributed by atoms with E-state index in [4.69, 9.17) is 12.2 Å². The third-order valence-electron chi connectivity index (χ3n) is 3.36. The molecule has 8 heteroatoms.